The smallest absolute Gasteiger partial charge is 0.201 e. The molecule has 1 unspecified atom stereocenters. The highest BCUT2D eigenvalue weighted by atomic mass is 32.1. The van der Waals surface area contributed by atoms with E-state index in [1.165, 1.54) is 11.3 Å². The molecule has 1 heterocycles. The van der Waals surface area contributed by atoms with Gasteiger partial charge in [0.2, 0.25) is 5.78 Å². The number of aryl methyl sites for hydroxylation is 1. The lowest BCUT2D eigenvalue weighted by Crippen LogP contribution is -2.28. The Hall–Kier alpha value is -0.670. The molecule has 1 aromatic rings. The molecule has 78 valence electrons. The molecular formula is C11H16O2S. The van der Waals surface area contributed by atoms with Crippen molar-refractivity contribution in [2.75, 3.05) is 7.11 Å². The molecule has 1 atom stereocenters. The zero-order chi connectivity index (χ0) is 10.7. The van der Waals surface area contributed by atoms with Gasteiger partial charge in [-0.05, 0) is 29.9 Å². The Kier molecular flexibility index (Phi) is 3.84. The lowest BCUT2D eigenvalue weighted by Gasteiger charge is -2.17. The van der Waals surface area contributed by atoms with Gasteiger partial charge < -0.3 is 4.74 Å². The number of thiophene rings is 1. The van der Waals surface area contributed by atoms with Crippen LogP contribution in [-0.2, 0) is 4.74 Å². The number of ketones is 1. The lowest BCUT2D eigenvalue weighted by molar-refractivity contribution is 0.0462. The third-order valence-corrected chi connectivity index (χ3v) is 3.23. The van der Waals surface area contributed by atoms with Crippen LogP contribution in [0.4, 0.5) is 0 Å². The van der Waals surface area contributed by atoms with E-state index < -0.39 is 0 Å². The summed E-state index contributed by atoms with van der Waals surface area (Å²) in [6.07, 6.45) is -0.313. The Morgan fingerprint density at radius 2 is 2.14 bits per heavy atom. The Balaban J connectivity index is 2.89. The SMILES string of the molecule is COC(C(=O)c1sccc1C)C(C)C. The second-order valence-corrected chi connectivity index (χ2v) is 4.61. The molecule has 0 aliphatic carbocycles. The first-order valence-electron chi connectivity index (χ1n) is 4.69. The van der Waals surface area contributed by atoms with Crippen molar-refractivity contribution in [3.8, 4) is 0 Å². The molecule has 3 heteroatoms. The average molecular weight is 212 g/mol. The van der Waals surface area contributed by atoms with Crippen LogP contribution in [0, 0.1) is 12.8 Å². The second-order valence-electron chi connectivity index (χ2n) is 3.70. The van der Waals surface area contributed by atoms with Gasteiger partial charge in [0.25, 0.3) is 0 Å². The normalized spacial score (nSPS) is 13.2. The minimum absolute atomic E-state index is 0.106. The van der Waals surface area contributed by atoms with E-state index in [1.807, 2.05) is 32.2 Å². The Labute approximate surface area is 88.9 Å². The molecular weight excluding hydrogens is 196 g/mol. The zero-order valence-electron chi connectivity index (χ0n) is 9.03. The maximum Gasteiger partial charge on any atom is 0.201 e. The molecule has 0 aromatic carbocycles. The van der Waals surface area contributed by atoms with E-state index in [0.29, 0.717) is 0 Å². The van der Waals surface area contributed by atoms with Crippen molar-refractivity contribution in [2.45, 2.75) is 26.9 Å². The molecule has 0 fully saturated rings. The van der Waals surface area contributed by atoms with Crippen LogP contribution in [0.2, 0.25) is 0 Å². The Morgan fingerprint density at radius 3 is 2.50 bits per heavy atom. The fourth-order valence-electron chi connectivity index (χ4n) is 1.44. The Morgan fingerprint density at radius 1 is 1.50 bits per heavy atom. The maximum absolute atomic E-state index is 12.0. The summed E-state index contributed by atoms with van der Waals surface area (Å²) >= 11 is 1.49. The van der Waals surface area contributed by atoms with E-state index in [9.17, 15) is 4.79 Å². The molecule has 0 aliphatic heterocycles. The first-order valence-corrected chi connectivity index (χ1v) is 5.57. The predicted molar refractivity (Wildman–Crippen MR) is 59.0 cm³/mol. The molecule has 0 spiro atoms. The summed E-state index contributed by atoms with van der Waals surface area (Å²) in [6, 6.07) is 1.96. The van der Waals surface area contributed by atoms with Crippen molar-refractivity contribution >= 4 is 17.1 Å². The van der Waals surface area contributed by atoms with Crippen LogP contribution in [0.15, 0.2) is 11.4 Å². The molecule has 0 N–H and O–H groups in total. The van der Waals surface area contributed by atoms with Crippen molar-refractivity contribution in [1.82, 2.24) is 0 Å². The summed E-state index contributed by atoms with van der Waals surface area (Å²) in [7, 11) is 1.59. The van der Waals surface area contributed by atoms with Crippen LogP contribution < -0.4 is 0 Å². The van der Waals surface area contributed by atoms with Crippen molar-refractivity contribution in [1.29, 1.82) is 0 Å². The quantitative estimate of drug-likeness (QED) is 0.717. The van der Waals surface area contributed by atoms with Crippen LogP contribution in [0.5, 0.6) is 0 Å². The topological polar surface area (TPSA) is 26.3 Å². The van der Waals surface area contributed by atoms with Crippen molar-refractivity contribution in [2.24, 2.45) is 5.92 Å². The van der Waals surface area contributed by atoms with Gasteiger partial charge in [0.1, 0.15) is 6.10 Å². The summed E-state index contributed by atoms with van der Waals surface area (Å²) in [5.41, 5.74) is 1.04. The fourth-order valence-corrected chi connectivity index (χ4v) is 2.33. The highest BCUT2D eigenvalue weighted by molar-refractivity contribution is 7.12. The monoisotopic (exact) mass is 212 g/mol. The van der Waals surface area contributed by atoms with Gasteiger partial charge in [-0.3, -0.25) is 4.79 Å². The molecule has 0 aliphatic rings. The summed E-state index contributed by atoms with van der Waals surface area (Å²) < 4.78 is 5.21. The number of hydrogen-bond acceptors (Lipinski definition) is 3. The average Bonchev–Trinajstić information content (AvgIpc) is 2.51. The number of carbonyl (C=O) groups excluding carboxylic acids is 1. The summed E-state index contributed by atoms with van der Waals surface area (Å²) in [5, 5.41) is 1.94. The molecule has 1 aromatic heterocycles. The number of ether oxygens (including phenoxy) is 1. The number of rotatable bonds is 4. The number of methoxy groups -OCH3 is 1. The summed E-state index contributed by atoms with van der Waals surface area (Å²) in [6.45, 7) is 5.95. The minimum atomic E-state index is -0.313. The first kappa shape index (κ1) is 11.4. The second kappa shape index (κ2) is 4.71. The molecule has 0 saturated carbocycles. The van der Waals surface area contributed by atoms with E-state index in [0.717, 1.165) is 10.4 Å². The van der Waals surface area contributed by atoms with Crippen molar-refractivity contribution in [3.63, 3.8) is 0 Å². The molecule has 2 nitrogen and oxygen atoms in total. The van der Waals surface area contributed by atoms with Gasteiger partial charge in [-0.2, -0.15) is 0 Å². The number of carbonyl (C=O) groups is 1. The van der Waals surface area contributed by atoms with E-state index in [4.69, 9.17) is 4.74 Å². The van der Waals surface area contributed by atoms with Crippen LogP contribution in [-0.4, -0.2) is 19.0 Å². The standard InChI is InChI=1S/C11H16O2S/c1-7(2)10(13-4)9(12)11-8(3)5-6-14-11/h5-7,10H,1-4H3. The predicted octanol–water partition coefficient (Wildman–Crippen LogP) is 2.91. The first-order chi connectivity index (χ1) is 6.57. The molecule has 1 rings (SSSR count). The molecule has 14 heavy (non-hydrogen) atoms. The van der Waals surface area contributed by atoms with Gasteiger partial charge in [-0.15, -0.1) is 11.3 Å². The fraction of sp³-hybridized carbons (Fsp3) is 0.545. The van der Waals surface area contributed by atoms with Gasteiger partial charge in [0.05, 0.1) is 4.88 Å². The van der Waals surface area contributed by atoms with Gasteiger partial charge in [0, 0.05) is 7.11 Å². The van der Waals surface area contributed by atoms with Crippen LogP contribution in [0.25, 0.3) is 0 Å². The number of hydrogen-bond donors (Lipinski definition) is 0. The number of Topliss-reactive ketones (excluding diaryl/α,β-unsaturated/α-hetero) is 1. The van der Waals surface area contributed by atoms with E-state index in [-0.39, 0.29) is 17.8 Å². The molecule has 0 saturated heterocycles. The van der Waals surface area contributed by atoms with E-state index in [1.54, 1.807) is 7.11 Å². The van der Waals surface area contributed by atoms with Crippen LogP contribution in [0.3, 0.4) is 0 Å². The van der Waals surface area contributed by atoms with Gasteiger partial charge in [0.15, 0.2) is 0 Å². The Bertz CT molecular complexity index is 315. The highest BCUT2D eigenvalue weighted by Crippen LogP contribution is 2.21. The minimum Gasteiger partial charge on any atom is -0.373 e. The molecule has 0 bridgehead atoms. The third kappa shape index (κ3) is 2.22. The van der Waals surface area contributed by atoms with E-state index in [2.05, 4.69) is 0 Å². The zero-order valence-corrected chi connectivity index (χ0v) is 9.85. The van der Waals surface area contributed by atoms with Crippen LogP contribution in [0.1, 0.15) is 29.1 Å². The summed E-state index contributed by atoms with van der Waals surface area (Å²) in [5.74, 6) is 0.323. The van der Waals surface area contributed by atoms with Crippen molar-refractivity contribution < 1.29 is 9.53 Å². The van der Waals surface area contributed by atoms with Crippen LogP contribution >= 0.6 is 11.3 Å². The lowest BCUT2D eigenvalue weighted by atomic mass is 10.0. The van der Waals surface area contributed by atoms with Gasteiger partial charge in [-0.1, -0.05) is 13.8 Å². The van der Waals surface area contributed by atoms with Crippen molar-refractivity contribution in [3.05, 3.63) is 21.9 Å². The highest BCUT2D eigenvalue weighted by Gasteiger charge is 2.24. The molecule has 0 radical (unpaired) electrons. The van der Waals surface area contributed by atoms with Gasteiger partial charge >= 0.3 is 0 Å². The van der Waals surface area contributed by atoms with E-state index >= 15 is 0 Å². The maximum atomic E-state index is 12.0. The van der Waals surface area contributed by atoms with Gasteiger partial charge in [-0.25, -0.2) is 0 Å². The third-order valence-electron chi connectivity index (χ3n) is 2.20. The molecule has 0 amide bonds. The largest absolute Gasteiger partial charge is 0.373 e. The summed E-state index contributed by atoms with van der Waals surface area (Å²) in [4.78, 5) is 12.8.